The van der Waals surface area contributed by atoms with Gasteiger partial charge in [0.2, 0.25) is 0 Å². The Labute approximate surface area is 351 Å². The summed E-state index contributed by atoms with van der Waals surface area (Å²) >= 11 is 0. The molecule has 2 aromatic heterocycles. The van der Waals surface area contributed by atoms with Crippen LogP contribution in [-0.4, -0.2) is 15.0 Å². The van der Waals surface area contributed by atoms with Crippen molar-refractivity contribution in [2.24, 2.45) is 5.92 Å². The summed E-state index contributed by atoms with van der Waals surface area (Å²) in [7, 11) is 0. The van der Waals surface area contributed by atoms with Gasteiger partial charge in [-0.2, -0.15) is 0 Å². The van der Waals surface area contributed by atoms with Gasteiger partial charge in [0.15, 0.2) is 17.5 Å². The summed E-state index contributed by atoms with van der Waals surface area (Å²) in [5.41, 5.74) is 14.3. The van der Waals surface area contributed by atoms with E-state index in [-0.39, 0.29) is 5.92 Å². The van der Waals surface area contributed by atoms with E-state index in [4.69, 9.17) is 19.4 Å². The SMILES string of the molecule is CCC1/C=C(c2ccc(-c3ccccc3)cc2)\C=C(\c2cccc(-c3nc(-c4ccccc4)nc(-c4ccc5c(c4)oc4ccccc45)n3)c2)CC/C=C\1c1ccccc1. The molecule has 0 radical (unpaired) electrons. The third-order valence-corrected chi connectivity index (χ3v) is 11.6. The number of fused-ring (bicyclic) bond motifs is 3. The molecule has 4 nitrogen and oxygen atoms in total. The molecule has 0 bridgehead atoms. The fourth-order valence-corrected chi connectivity index (χ4v) is 8.42. The van der Waals surface area contributed by atoms with Gasteiger partial charge in [-0.3, -0.25) is 0 Å². The molecule has 1 aliphatic rings. The van der Waals surface area contributed by atoms with Gasteiger partial charge >= 0.3 is 0 Å². The highest BCUT2D eigenvalue weighted by atomic mass is 16.3. The third-order valence-electron chi connectivity index (χ3n) is 11.6. The maximum absolute atomic E-state index is 6.28. The standard InChI is InChI=1S/C56H43N3O/c1-2-38-34-48(41-30-28-40(29-31-41)39-16-6-3-7-17-39)36-45(23-15-26-49(38)42-18-8-4-9-19-42)44-22-14-24-46(35-44)55-57-54(43-20-10-5-11-21-43)58-56(59-55)47-32-33-51-50-25-12-13-27-52(50)60-53(51)37-47/h3-14,16-22,24-38H,2,15,23H2,1H3/b45-36+,48-34+,49-26+. The van der Waals surface area contributed by atoms with E-state index in [1.807, 2.05) is 54.6 Å². The van der Waals surface area contributed by atoms with Crippen LogP contribution in [0, 0.1) is 5.92 Å². The first-order valence-electron chi connectivity index (χ1n) is 20.8. The molecule has 1 unspecified atom stereocenters. The lowest BCUT2D eigenvalue weighted by atomic mass is 9.87. The zero-order valence-corrected chi connectivity index (χ0v) is 33.5. The molecule has 9 aromatic rings. The van der Waals surface area contributed by atoms with E-state index in [2.05, 4.69) is 153 Å². The van der Waals surface area contributed by atoms with Gasteiger partial charge in [0.05, 0.1) is 0 Å². The zero-order chi connectivity index (χ0) is 40.3. The van der Waals surface area contributed by atoms with Gasteiger partial charge in [0, 0.05) is 33.4 Å². The molecule has 1 aliphatic carbocycles. The van der Waals surface area contributed by atoms with E-state index >= 15 is 0 Å². The Morgan fingerprint density at radius 3 is 1.72 bits per heavy atom. The second kappa shape index (κ2) is 16.4. The Morgan fingerprint density at radius 1 is 0.467 bits per heavy atom. The molecular weight excluding hydrogens is 731 g/mol. The zero-order valence-electron chi connectivity index (χ0n) is 33.5. The van der Waals surface area contributed by atoms with E-state index in [1.54, 1.807) is 0 Å². The molecule has 0 amide bonds. The van der Waals surface area contributed by atoms with Gasteiger partial charge in [-0.1, -0.05) is 183 Å². The quantitative estimate of drug-likeness (QED) is 0.154. The lowest BCUT2D eigenvalue weighted by Gasteiger charge is -2.18. The summed E-state index contributed by atoms with van der Waals surface area (Å²) < 4.78 is 6.28. The monoisotopic (exact) mass is 773 g/mol. The van der Waals surface area contributed by atoms with E-state index in [0.717, 1.165) is 63.5 Å². The van der Waals surface area contributed by atoms with Gasteiger partial charge < -0.3 is 4.42 Å². The maximum Gasteiger partial charge on any atom is 0.164 e. The van der Waals surface area contributed by atoms with E-state index in [9.17, 15) is 0 Å². The molecule has 2 heterocycles. The summed E-state index contributed by atoms with van der Waals surface area (Å²) in [5, 5.41) is 2.16. The number of hydrogen-bond acceptors (Lipinski definition) is 4. The van der Waals surface area contributed by atoms with Crippen molar-refractivity contribution in [1.29, 1.82) is 0 Å². The summed E-state index contributed by atoms with van der Waals surface area (Å²) in [6.45, 7) is 2.29. The minimum absolute atomic E-state index is 0.261. The van der Waals surface area contributed by atoms with Gasteiger partial charge in [-0.25, -0.2) is 15.0 Å². The first-order valence-corrected chi connectivity index (χ1v) is 20.8. The number of hydrogen-bond donors (Lipinski definition) is 0. The Hall–Kier alpha value is -7.43. The van der Waals surface area contributed by atoms with Crippen LogP contribution in [0.15, 0.2) is 205 Å². The Balaban J connectivity index is 1.08. The molecule has 1 atom stereocenters. The van der Waals surface area contributed by atoms with Crippen molar-refractivity contribution in [1.82, 2.24) is 15.0 Å². The molecule has 0 N–H and O–H groups in total. The summed E-state index contributed by atoms with van der Waals surface area (Å²) in [6, 6.07) is 63.7. The molecule has 288 valence electrons. The first kappa shape index (κ1) is 36.9. The predicted molar refractivity (Wildman–Crippen MR) is 249 cm³/mol. The number of allylic oxidation sites excluding steroid dienone is 6. The number of para-hydroxylation sites is 1. The highest BCUT2D eigenvalue weighted by molar-refractivity contribution is 6.05. The smallest absolute Gasteiger partial charge is 0.164 e. The fourth-order valence-electron chi connectivity index (χ4n) is 8.42. The molecule has 0 saturated carbocycles. The normalized spacial score (nSPS) is 17.1. The number of rotatable bonds is 8. The van der Waals surface area contributed by atoms with E-state index in [1.165, 1.54) is 39.0 Å². The van der Waals surface area contributed by atoms with Crippen molar-refractivity contribution >= 4 is 38.7 Å². The topological polar surface area (TPSA) is 51.8 Å². The van der Waals surface area contributed by atoms with Crippen molar-refractivity contribution < 1.29 is 4.42 Å². The molecule has 0 saturated heterocycles. The number of furan rings is 1. The third kappa shape index (κ3) is 7.52. The Morgan fingerprint density at radius 2 is 1.00 bits per heavy atom. The Bertz CT molecular complexity index is 3050. The van der Waals surface area contributed by atoms with Gasteiger partial charge in [-0.15, -0.1) is 0 Å². The molecule has 7 aromatic carbocycles. The van der Waals surface area contributed by atoms with Gasteiger partial charge in [0.1, 0.15) is 11.2 Å². The molecule has 10 rings (SSSR count). The average molecular weight is 774 g/mol. The molecule has 0 fully saturated rings. The fraction of sp³-hybridized carbons (Fsp3) is 0.0893. The highest BCUT2D eigenvalue weighted by Gasteiger charge is 2.19. The minimum Gasteiger partial charge on any atom is -0.456 e. The molecular formula is C56H43N3O. The molecule has 0 aliphatic heterocycles. The minimum atomic E-state index is 0.261. The first-order chi connectivity index (χ1) is 29.7. The van der Waals surface area contributed by atoms with Crippen LogP contribution >= 0.6 is 0 Å². The van der Waals surface area contributed by atoms with Crippen molar-refractivity contribution in [3.8, 4) is 45.3 Å². The molecule has 60 heavy (non-hydrogen) atoms. The van der Waals surface area contributed by atoms with Crippen LogP contribution in [0.5, 0.6) is 0 Å². The largest absolute Gasteiger partial charge is 0.456 e. The Kier molecular flexibility index (Phi) is 10.1. The maximum atomic E-state index is 6.28. The van der Waals surface area contributed by atoms with Crippen LogP contribution in [0.2, 0.25) is 0 Å². The number of aromatic nitrogens is 3. The van der Waals surface area contributed by atoms with Gasteiger partial charge in [-0.05, 0) is 88.1 Å². The average Bonchev–Trinajstić information content (AvgIpc) is 3.74. The number of benzene rings is 7. The molecule has 4 heteroatoms. The van der Waals surface area contributed by atoms with Crippen LogP contribution in [0.3, 0.4) is 0 Å². The van der Waals surface area contributed by atoms with Gasteiger partial charge in [0.25, 0.3) is 0 Å². The second-order valence-electron chi connectivity index (χ2n) is 15.4. The van der Waals surface area contributed by atoms with E-state index < -0.39 is 0 Å². The van der Waals surface area contributed by atoms with Crippen molar-refractivity contribution in [3.63, 3.8) is 0 Å². The summed E-state index contributed by atoms with van der Waals surface area (Å²) in [5.74, 6) is 2.11. The van der Waals surface area contributed by atoms with Crippen molar-refractivity contribution in [2.75, 3.05) is 0 Å². The predicted octanol–water partition coefficient (Wildman–Crippen LogP) is 14.8. The summed E-state index contributed by atoms with van der Waals surface area (Å²) in [4.78, 5) is 15.3. The van der Waals surface area contributed by atoms with Crippen LogP contribution in [0.25, 0.3) is 83.9 Å². The van der Waals surface area contributed by atoms with Crippen LogP contribution in [0.1, 0.15) is 42.9 Å². The highest BCUT2D eigenvalue weighted by Crippen LogP contribution is 2.38. The molecule has 0 spiro atoms. The van der Waals surface area contributed by atoms with Crippen LogP contribution in [0.4, 0.5) is 0 Å². The summed E-state index contributed by atoms with van der Waals surface area (Å²) in [6.07, 6.45) is 10.2. The lowest BCUT2D eigenvalue weighted by Crippen LogP contribution is -2.01. The van der Waals surface area contributed by atoms with Crippen LogP contribution < -0.4 is 0 Å². The van der Waals surface area contributed by atoms with Crippen molar-refractivity contribution in [3.05, 3.63) is 217 Å². The number of nitrogens with zero attached hydrogens (tertiary/aromatic N) is 3. The second-order valence-corrected chi connectivity index (χ2v) is 15.4. The lowest BCUT2D eigenvalue weighted by molar-refractivity contribution is 0.669. The van der Waals surface area contributed by atoms with E-state index in [0.29, 0.717) is 17.5 Å². The van der Waals surface area contributed by atoms with Crippen LogP contribution in [-0.2, 0) is 0 Å². The van der Waals surface area contributed by atoms with Crippen molar-refractivity contribution in [2.45, 2.75) is 26.2 Å².